The summed E-state index contributed by atoms with van der Waals surface area (Å²) in [7, 11) is 1.65. The van der Waals surface area contributed by atoms with Crippen molar-refractivity contribution in [1.29, 1.82) is 0 Å². The second kappa shape index (κ2) is 8.37. The standard InChI is InChI=1S/C14H22N2O3/c1-11(10-18-2)9-16-14(17)7-8-19-13-5-3-12(15)4-6-13/h3-6,11H,7-10,15H2,1-2H3,(H,16,17). The molecule has 0 bridgehead atoms. The highest BCUT2D eigenvalue weighted by atomic mass is 16.5. The van der Waals surface area contributed by atoms with Crippen LogP contribution in [0.2, 0.25) is 0 Å². The molecule has 0 heterocycles. The first-order chi connectivity index (χ1) is 9.11. The Hall–Kier alpha value is -1.75. The monoisotopic (exact) mass is 266 g/mol. The van der Waals surface area contributed by atoms with Crippen LogP contribution in [0.15, 0.2) is 24.3 Å². The summed E-state index contributed by atoms with van der Waals surface area (Å²) < 4.78 is 10.4. The number of nitrogens with one attached hydrogen (secondary N) is 1. The molecule has 5 heteroatoms. The highest BCUT2D eigenvalue weighted by Gasteiger charge is 2.05. The number of anilines is 1. The predicted molar refractivity (Wildman–Crippen MR) is 75.0 cm³/mol. The van der Waals surface area contributed by atoms with Gasteiger partial charge in [-0.1, -0.05) is 6.92 Å². The van der Waals surface area contributed by atoms with Crippen LogP contribution >= 0.6 is 0 Å². The van der Waals surface area contributed by atoms with E-state index in [1.54, 1.807) is 31.4 Å². The van der Waals surface area contributed by atoms with E-state index < -0.39 is 0 Å². The Morgan fingerprint density at radius 2 is 2.05 bits per heavy atom. The molecule has 0 saturated heterocycles. The number of carbonyl (C=O) groups excluding carboxylic acids is 1. The number of nitrogens with two attached hydrogens (primary N) is 1. The SMILES string of the molecule is COCC(C)CNC(=O)CCOc1ccc(N)cc1. The van der Waals surface area contributed by atoms with Crippen LogP contribution in [-0.2, 0) is 9.53 Å². The lowest BCUT2D eigenvalue weighted by Crippen LogP contribution is -2.30. The summed E-state index contributed by atoms with van der Waals surface area (Å²) in [6.45, 7) is 3.64. The van der Waals surface area contributed by atoms with E-state index in [1.165, 1.54) is 0 Å². The highest BCUT2D eigenvalue weighted by molar-refractivity contribution is 5.75. The number of methoxy groups -OCH3 is 1. The van der Waals surface area contributed by atoms with E-state index in [-0.39, 0.29) is 5.91 Å². The number of rotatable bonds is 8. The third kappa shape index (κ3) is 6.67. The van der Waals surface area contributed by atoms with Gasteiger partial charge in [-0.05, 0) is 30.2 Å². The molecule has 19 heavy (non-hydrogen) atoms. The van der Waals surface area contributed by atoms with Gasteiger partial charge in [0.05, 0.1) is 19.6 Å². The molecule has 1 atom stereocenters. The van der Waals surface area contributed by atoms with Gasteiger partial charge in [-0.15, -0.1) is 0 Å². The average molecular weight is 266 g/mol. The van der Waals surface area contributed by atoms with Gasteiger partial charge in [0, 0.05) is 19.3 Å². The summed E-state index contributed by atoms with van der Waals surface area (Å²) in [5.74, 6) is 1.01. The molecule has 1 amide bonds. The maximum Gasteiger partial charge on any atom is 0.223 e. The summed E-state index contributed by atoms with van der Waals surface area (Å²) in [5.41, 5.74) is 6.26. The third-order valence-electron chi connectivity index (χ3n) is 2.58. The Labute approximate surface area is 114 Å². The Bertz CT molecular complexity index is 379. The number of amides is 1. The lowest BCUT2D eigenvalue weighted by Gasteiger charge is -2.11. The number of benzene rings is 1. The van der Waals surface area contributed by atoms with Crippen molar-refractivity contribution >= 4 is 11.6 Å². The molecule has 0 aromatic heterocycles. The first-order valence-corrected chi connectivity index (χ1v) is 6.35. The van der Waals surface area contributed by atoms with E-state index in [2.05, 4.69) is 5.32 Å². The van der Waals surface area contributed by atoms with E-state index in [0.717, 1.165) is 5.75 Å². The van der Waals surface area contributed by atoms with Gasteiger partial charge in [0.15, 0.2) is 0 Å². The Balaban J connectivity index is 2.15. The number of hydrogen-bond donors (Lipinski definition) is 2. The fourth-order valence-corrected chi connectivity index (χ4v) is 1.55. The number of nitrogen functional groups attached to an aromatic ring is 1. The fourth-order valence-electron chi connectivity index (χ4n) is 1.55. The zero-order valence-electron chi connectivity index (χ0n) is 11.5. The van der Waals surface area contributed by atoms with Crippen molar-refractivity contribution in [2.75, 3.05) is 32.6 Å². The van der Waals surface area contributed by atoms with Gasteiger partial charge in [0.1, 0.15) is 5.75 Å². The van der Waals surface area contributed by atoms with Gasteiger partial charge in [0.2, 0.25) is 5.91 Å². The largest absolute Gasteiger partial charge is 0.493 e. The third-order valence-corrected chi connectivity index (χ3v) is 2.58. The zero-order valence-corrected chi connectivity index (χ0v) is 11.5. The minimum Gasteiger partial charge on any atom is -0.493 e. The maximum absolute atomic E-state index is 11.5. The highest BCUT2D eigenvalue weighted by Crippen LogP contribution is 2.13. The summed E-state index contributed by atoms with van der Waals surface area (Å²) in [4.78, 5) is 11.5. The van der Waals surface area contributed by atoms with Crippen molar-refractivity contribution in [2.45, 2.75) is 13.3 Å². The van der Waals surface area contributed by atoms with Crippen molar-refractivity contribution < 1.29 is 14.3 Å². The molecule has 0 radical (unpaired) electrons. The van der Waals surface area contributed by atoms with Gasteiger partial charge in [-0.3, -0.25) is 4.79 Å². The summed E-state index contributed by atoms with van der Waals surface area (Å²) in [6.07, 6.45) is 0.337. The quantitative estimate of drug-likeness (QED) is 0.698. The van der Waals surface area contributed by atoms with E-state index in [9.17, 15) is 4.79 Å². The van der Waals surface area contributed by atoms with Gasteiger partial charge in [-0.25, -0.2) is 0 Å². The molecule has 1 aromatic rings. The molecular formula is C14H22N2O3. The number of carbonyl (C=O) groups is 1. The van der Waals surface area contributed by atoms with Crippen LogP contribution < -0.4 is 15.8 Å². The van der Waals surface area contributed by atoms with Crippen LogP contribution in [-0.4, -0.2) is 32.8 Å². The summed E-state index contributed by atoms with van der Waals surface area (Å²) >= 11 is 0. The molecule has 0 fully saturated rings. The van der Waals surface area contributed by atoms with Gasteiger partial charge in [0.25, 0.3) is 0 Å². The normalized spacial score (nSPS) is 11.9. The molecule has 106 valence electrons. The van der Waals surface area contributed by atoms with Crippen molar-refractivity contribution in [2.24, 2.45) is 5.92 Å². The van der Waals surface area contributed by atoms with Crippen molar-refractivity contribution in [3.63, 3.8) is 0 Å². The predicted octanol–water partition coefficient (Wildman–Crippen LogP) is 1.44. The molecular weight excluding hydrogens is 244 g/mol. The second-order valence-electron chi connectivity index (χ2n) is 4.53. The topological polar surface area (TPSA) is 73.6 Å². The molecule has 0 aliphatic heterocycles. The van der Waals surface area contributed by atoms with Gasteiger partial charge in [-0.2, -0.15) is 0 Å². The number of ether oxygens (including phenoxy) is 2. The summed E-state index contributed by atoms with van der Waals surface area (Å²) in [6, 6.07) is 7.10. The van der Waals surface area contributed by atoms with Gasteiger partial charge < -0.3 is 20.5 Å². The lowest BCUT2D eigenvalue weighted by atomic mass is 10.2. The van der Waals surface area contributed by atoms with Crippen LogP contribution in [0, 0.1) is 5.92 Å². The Kier molecular flexibility index (Phi) is 6.74. The number of hydrogen-bond acceptors (Lipinski definition) is 4. The van der Waals surface area contributed by atoms with E-state index >= 15 is 0 Å². The molecule has 0 saturated carbocycles. The van der Waals surface area contributed by atoms with Crippen LogP contribution in [0.25, 0.3) is 0 Å². The molecule has 3 N–H and O–H groups in total. The van der Waals surface area contributed by atoms with Crippen LogP contribution in [0.4, 0.5) is 5.69 Å². The minimum atomic E-state index is -0.0154. The Morgan fingerprint density at radius 3 is 2.68 bits per heavy atom. The summed E-state index contributed by atoms with van der Waals surface area (Å²) in [5, 5.41) is 2.84. The molecule has 1 rings (SSSR count). The first kappa shape index (κ1) is 15.3. The van der Waals surface area contributed by atoms with Crippen molar-refractivity contribution in [3.05, 3.63) is 24.3 Å². The average Bonchev–Trinajstić information content (AvgIpc) is 2.39. The van der Waals surface area contributed by atoms with E-state index in [1.807, 2.05) is 6.92 Å². The van der Waals surface area contributed by atoms with Gasteiger partial charge >= 0.3 is 0 Å². The van der Waals surface area contributed by atoms with Crippen LogP contribution in [0.1, 0.15) is 13.3 Å². The smallest absolute Gasteiger partial charge is 0.223 e. The maximum atomic E-state index is 11.5. The molecule has 1 unspecified atom stereocenters. The Morgan fingerprint density at radius 1 is 1.37 bits per heavy atom. The zero-order chi connectivity index (χ0) is 14.1. The van der Waals surface area contributed by atoms with Crippen molar-refractivity contribution in [1.82, 2.24) is 5.32 Å². The molecule has 1 aromatic carbocycles. The van der Waals surface area contributed by atoms with E-state index in [0.29, 0.717) is 37.8 Å². The fraction of sp³-hybridized carbons (Fsp3) is 0.500. The lowest BCUT2D eigenvalue weighted by molar-refractivity contribution is -0.121. The molecule has 0 aliphatic carbocycles. The molecule has 5 nitrogen and oxygen atoms in total. The van der Waals surface area contributed by atoms with Crippen LogP contribution in [0.5, 0.6) is 5.75 Å². The van der Waals surface area contributed by atoms with Crippen LogP contribution in [0.3, 0.4) is 0 Å². The minimum absolute atomic E-state index is 0.0154. The first-order valence-electron chi connectivity index (χ1n) is 6.35. The molecule has 0 spiro atoms. The second-order valence-corrected chi connectivity index (χ2v) is 4.53. The van der Waals surface area contributed by atoms with E-state index in [4.69, 9.17) is 15.2 Å². The molecule has 0 aliphatic rings. The van der Waals surface area contributed by atoms with Crippen molar-refractivity contribution in [3.8, 4) is 5.75 Å².